The van der Waals surface area contributed by atoms with Crippen molar-refractivity contribution in [2.45, 2.75) is 44.9 Å². The first-order valence-corrected chi connectivity index (χ1v) is 10.0. The lowest BCUT2D eigenvalue weighted by Crippen LogP contribution is -2.50. The molecule has 4 bridgehead atoms. The van der Waals surface area contributed by atoms with Gasteiger partial charge in [-0.3, -0.25) is 4.79 Å². The number of rotatable bonds is 4. The fourth-order valence-corrected chi connectivity index (χ4v) is 7.07. The highest BCUT2D eigenvalue weighted by atomic mass is 16.1. The van der Waals surface area contributed by atoms with E-state index < -0.39 is 5.41 Å². The summed E-state index contributed by atoms with van der Waals surface area (Å²) in [7, 11) is 0. The first-order chi connectivity index (χ1) is 12.6. The summed E-state index contributed by atoms with van der Waals surface area (Å²) < 4.78 is 0. The van der Waals surface area contributed by atoms with E-state index in [1.807, 2.05) is 30.3 Å². The number of nitriles is 2. The van der Waals surface area contributed by atoms with Crippen molar-refractivity contribution >= 4 is 5.78 Å². The summed E-state index contributed by atoms with van der Waals surface area (Å²) in [5.41, 5.74) is -0.201. The molecule has 2 atom stereocenters. The first kappa shape index (κ1) is 16.1. The third-order valence-electron chi connectivity index (χ3n) is 7.88. The molecule has 0 radical (unpaired) electrons. The van der Waals surface area contributed by atoms with E-state index in [0.717, 1.165) is 24.8 Å². The molecule has 3 heteroatoms. The van der Waals surface area contributed by atoms with E-state index in [-0.39, 0.29) is 23.0 Å². The Labute approximate surface area is 155 Å². The van der Waals surface area contributed by atoms with Crippen LogP contribution in [-0.4, -0.2) is 5.78 Å². The van der Waals surface area contributed by atoms with Crippen molar-refractivity contribution in [2.24, 2.45) is 40.4 Å². The van der Waals surface area contributed by atoms with Crippen LogP contribution in [-0.2, 0) is 11.2 Å². The van der Waals surface area contributed by atoms with Crippen molar-refractivity contribution in [2.75, 3.05) is 0 Å². The lowest BCUT2D eigenvalue weighted by atomic mass is 9.48. The summed E-state index contributed by atoms with van der Waals surface area (Å²) in [4.78, 5) is 13.7. The Balaban J connectivity index is 1.44. The van der Waals surface area contributed by atoms with Crippen LogP contribution in [0.3, 0.4) is 0 Å². The van der Waals surface area contributed by atoms with Crippen molar-refractivity contribution in [1.29, 1.82) is 10.5 Å². The van der Waals surface area contributed by atoms with Gasteiger partial charge in [0.25, 0.3) is 0 Å². The van der Waals surface area contributed by atoms with Gasteiger partial charge in [0.1, 0.15) is 5.78 Å². The summed E-state index contributed by atoms with van der Waals surface area (Å²) in [5, 5.41) is 19.6. The number of ketones is 1. The van der Waals surface area contributed by atoms with Crippen molar-refractivity contribution < 1.29 is 4.79 Å². The fourth-order valence-electron chi connectivity index (χ4n) is 7.07. The van der Waals surface area contributed by atoms with Gasteiger partial charge in [0.2, 0.25) is 0 Å². The third kappa shape index (κ3) is 2.13. The Bertz CT molecular complexity index is 779. The van der Waals surface area contributed by atoms with Crippen LogP contribution in [0.1, 0.15) is 44.1 Å². The van der Waals surface area contributed by atoms with Gasteiger partial charge in [-0.25, -0.2) is 0 Å². The van der Waals surface area contributed by atoms with Crippen molar-refractivity contribution in [1.82, 2.24) is 0 Å². The molecule has 1 aromatic carbocycles. The minimum Gasteiger partial charge on any atom is -0.299 e. The normalized spacial score (nSPS) is 41.2. The Hall–Kier alpha value is -2.13. The average molecular weight is 344 g/mol. The third-order valence-corrected chi connectivity index (χ3v) is 7.88. The molecule has 0 amide bonds. The van der Waals surface area contributed by atoms with Crippen LogP contribution in [0.4, 0.5) is 0 Å². The molecular formula is C23H24N2O. The highest BCUT2D eigenvalue weighted by molar-refractivity contribution is 5.92. The minimum atomic E-state index is -1.10. The predicted octanol–water partition coefficient (Wildman–Crippen LogP) is 4.29. The van der Waals surface area contributed by atoms with Crippen molar-refractivity contribution in [3.05, 3.63) is 35.9 Å². The molecule has 0 saturated heterocycles. The van der Waals surface area contributed by atoms with Gasteiger partial charge < -0.3 is 0 Å². The number of carbonyl (C=O) groups excluding carboxylic acids is 1. The number of nitrogens with zero attached hydrogens (tertiary/aromatic N) is 2. The molecule has 26 heavy (non-hydrogen) atoms. The quantitative estimate of drug-likeness (QED) is 0.818. The minimum absolute atomic E-state index is 0.139. The van der Waals surface area contributed by atoms with Gasteiger partial charge in [-0.05, 0) is 68.3 Å². The zero-order valence-corrected chi connectivity index (χ0v) is 15.0. The summed E-state index contributed by atoms with van der Waals surface area (Å²) >= 11 is 0. The Morgan fingerprint density at radius 1 is 0.962 bits per heavy atom. The zero-order chi connectivity index (χ0) is 17.9. The number of hydrogen-bond acceptors (Lipinski definition) is 3. The fraction of sp³-hybridized carbons (Fsp3) is 0.609. The molecule has 5 fully saturated rings. The molecule has 0 unspecified atom stereocenters. The standard InChI is InChI=1S/C23H24N2O/c24-13-23(14-25)19(9-15-4-2-1-3-5-15)20(23)21(26)22-10-16-6-17(11-22)8-18(7-16)12-22/h1-5,16-20H,6-12H2/t16?,17?,18?,19-,20+,22?/m0/s1. The van der Waals surface area contributed by atoms with Gasteiger partial charge in [-0.15, -0.1) is 0 Å². The lowest BCUT2D eigenvalue weighted by Gasteiger charge is -2.56. The molecule has 1 aromatic rings. The maximum Gasteiger partial charge on any atom is 0.157 e. The van der Waals surface area contributed by atoms with Gasteiger partial charge in [-0.1, -0.05) is 30.3 Å². The van der Waals surface area contributed by atoms with E-state index in [4.69, 9.17) is 0 Å². The highest BCUT2D eigenvalue weighted by Crippen LogP contribution is 2.67. The SMILES string of the molecule is N#CC1(C#N)[C@@H](Cc2ccccc2)[C@@H]1C(=O)C12CC3CC(CC(C3)C1)C2. The molecule has 0 aromatic heterocycles. The van der Waals surface area contributed by atoms with E-state index >= 15 is 0 Å². The van der Waals surface area contributed by atoms with Crippen LogP contribution in [0.5, 0.6) is 0 Å². The Kier molecular flexibility index (Phi) is 3.36. The highest BCUT2D eigenvalue weighted by Gasteiger charge is 2.72. The van der Waals surface area contributed by atoms with Crippen LogP contribution >= 0.6 is 0 Å². The molecule has 0 aliphatic heterocycles. The second-order valence-corrected chi connectivity index (χ2v) is 9.43. The zero-order valence-electron chi connectivity index (χ0n) is 15.0. The monoisotopic (exact) mass is 344 g/mol. The second kappa shape index (κ2) is 5.43. The molecular weight excluding hydrogens is 320 g/mol. The number of Topliss-reactive ketones (excluding diaryl/α,β-unsaturated/α-hetero) is 1. The summed E-state index contributed by atoms with van der Waals surface area (Å²) in [6, 6.07) is 14.5. The molecule has 5 saturated carbocycles. The number of benzene rings is 1. The van der Waals surface area contributed by atoms with Gasteiger partial charge in [-0.2, -0.15) is 10.5 Å². The van der Waals surface area contributed by atoms with Crippen molar-refractivity contribution in [3.8, 4) is 12.1 Å². The topological polar surface area (TPSA) is 64.7 Å². The van der Waals surface area contributed by atoms with Crippen LogP contribution < -0.4 is 0 Å². The van der Waals surface area contributed by atoms with Crippen LogP contribution in [0, 0.1) is 63.1 Å². The molecule has 5 aliphatic rings. The van der Waals surface area contributed by atoms with Gasteiger partial charge in [0.15, 0.2) is 5.41 Å². The van der Waals surface area contributed by atoms with E-state index in [9.17, 15) is 15.3 Å². The molecule has 6 rings (SSSR count). The summed E-state index contributed by atoms with van der Waals surface area (Å²) in [6.45, 7) is 0. The van der Waals surface area contributed by atoms with Gasteiger partial charge in [0.05, 0.1) is 18.1 Å². The predicted molar refractivity (Wildman–Crippen MR) is 96.4 cm³/mol. The smallest absolute Gasteiger partial charge is 0.157 e. The Morgan fingerprint density at radius 3 is 2.00 bits per heavy atom. The van der Waals surface area contributed by atoms with Crippen molar-refractivity contribution in [3.63, 3.8) is 0 Å². The van der Waals surface area contributed by atoms with E-state index in [2.05, 4.69) is 12.1 Å². The summed E-state index contributed by atoms with van der Waals surface area (Å²) in [5.74, 6) is 1.86. The maximum atomic E-state index is 13.7. The summed E-state index contributed by atoms with van der Waals surface area (Å²) in [6.07, 6.45) is 7.59. The molecule has 0 spiro atoms. The van der Waals surface area contributed by atoms with Crippen LogP contribution in [0.15, 0.2) is 30.3 Å². The average Bonchev–Trinajstić information content (AvgIpc) is 3.27. The lowest BCUT2D eigenvalue weighted by molar-refractivity contribution is -0.146. The van der Waals surface area contributed by atoms with Gasteiger partial charge >= 0.3 is 0 Å². The molecule has 132 valence electrons. The largest absolute Gasteiger partial charge is 0.299 e. The molecule has 3 nitrogen and oxygen atoms in total. The first-order valence-electron chi connectivity index (χ1n) is 10.0. The number of carbonyl (C=O) groups is 1. The number of hydrogen-bond donors (Lipinski definition) is 0. The maximum absolute atomic E-state index is 13.7. The second-order valence-electron chi connectivity index (χ2n) is 9.43. The molecule has 0 N–H and O–H groups in total. The van der Waals surface area contributed by atoms with Crippen LogP contribution in [0.25, 0.3) is 0 Å². The van der Waals surface area contributed by atoms with Crippen LogP contribution in [0.2, 0.25) is 0 Å². The van der Waals surface area contributed by atoms with E-state index in [0.29, 0.717) is 24.2 Å². The van der Waals surface area contributed by atoms with E-state index in [1.54, 1.807) is 0 Å². The molecule has 0 heterocycles. The Morgan fingerprint density at radius 2 is 1.50 bits per heavy atom. The molecule has 5 aliphatic carbocycles. The van der Waals surface area contributed by atoms with E-state index in [1.165, 1.54) is 19.3 Å². The van der Waals surface area contributed by atoms with Gasteiger partial charge in [0, 0.05) is 11.3 Å².